The lowest BCUT2D eigenvalue weighted by Gasteiger charge is -2.10. The molecule has 4 aromatic rings. The third-order valence-electron chi connectivity index (χ3n) is 4.08. The highest BCUT2D eigenvalue weighted by molar-refractivity contribution is 5.83. The van der Waals surface area contributed by atoms with Crippen molar-refractivity contribution in [2.75, 3.05) is 5.73 Å². The monoisotopic (exact) mass is 342 g/mol. The molecule has 0 spiro atoms. The molecule has 4 rings (SSSR count). The average molecular weight is 342 g/mol. The Balaban J connectivity index is 2.05. The molecule has 126 valence electrons. The van der Waals surface area contributed by atoms with Crippen molar-refractivity contribution in [2.24, 2.45) is 0 Å². The molecule has 0 aliphatic rings. The largest absolute Gasteiger partial charge is 0.392 e. The number of nitriles is 1. The second kappa shape index (κ2) is 6.27. The summed E-state index contributed by atoms with van der Waals surface area (Å²) in [4.78, 5) is 13.2. The number of imidazole rings is 1. The Morgan fingerprint density at radius 3 is 2.58 bits per heavy atom. The fourth-order valence-electron chi connectivity index (χ4n) is 2.80. The van der Waals surface area contributed by atoms with Crippen LogP contribution in [0.4, 0.5) is 5.82 Å². The van der Waals surface area contributed by atoms with Gasteiger partial charge in [0.25, 0.3) is 0 Å². The number of aliphatic hydroxyl groups excluding tert-OH is 1. The summed E-state index contributed by atoms with van der Waals surface area (Å²) in [6.45, 7) is -0.0375. The molecule has 0 saturated carbocycles. The van der Waals surface area contributed by atoms with Gasteiger partial charge >= 0.3 is 0 Å². The lowest BCUT2D eigenvalue weighted by molar-refractivity contribution is 0.282. The summed E-state index contributed by atoms with van der Waals surface area (Å²) < 4.78 is 1.84. The summed E-state index contributed by atoms with van der Waals surface area (Å²) in [6.07, 6.45) is 1.62. The van der Waals surface area contributed by atoms with E-state index in [4.69, 9.17) is 5.73 Å². The Labute approximate surface area is 149 Å². The van der Waals surface area contributed by atoms with Crippen LogP contribution in [-0.2, 0) is 6.61 Å². The van der Waals surface area contributed by atoms with Crippen molar-refractivity contribution in [2.45, 2.75) is 6.61 Å². The number of anilines is 1. The van der Waals surface area contributed by atoms with E-state index in [1.54, 1.807) is 24.4 Å². The van der Waals surface area contributed by atoms with E-state index in [0.29, 0.717) is 34.1 Å². The summed E-state index contributed by atoms with van der Waals surface area (Å²) in [5.74, 6) is 0.946. The second-order valence-electron chi connectivity index (χ2n) is 5.68. The Hall–Kier alpha value is -3.76. The number of benzene rings is 1. The summed E-state index contributed by atoms with van der Waals surface area (Å²) in [6, 6.07) is 16.5. The minimum Gasteiger partial charge on any atom is -0.392 e. The van der Waals surface area contributed by atoms with Crippen molar-refractivity contribution >= 4 is 17.0 Å². The Kier molecular flexibility index (Phi) is 3.80. The van der Waals surface area contributed by atoms with Crippen LogP contribution < -0.4 is 5.73 Å². The first-order valence-electron chi connectivity index (χ1n) is 7.92. The summed E-state index contributed by atoms with van der Waals surface area (Å²) in [5, 5.41) is 18.5. The zero-order chi connectivity index (χ0) is 18.1. The first-order valence-corrected chi connectivity index (χ1v) is 7.92. The average Bonchev–Trinajstić information content (AvgIpc) is 3.06. The molecule has 0 bridgehead atoms. The fourth-order valence-corrected chi connectivity index (χ4v) is 2.80. The smallest absolute Gasteiger partial charge is 0.166 e. The van der Waals surface area contributed by atoms with Crippen LogP contribution in [-0.4, -0.2) is 24.6 Å². The van der Waals surface area contributed by atoms with Crippen LogP contribution in [0.15, 0.2) is 54.7 Å². The van der Waals surface area contributed by atoms with Gasteiger partial charge in [-0.15, -0.1) is 0 Å². The van der Waals surface area contributed by atoms with E-state index in [1.165, 1.54) is 0 Å². The first-order chi connectivity index (χ1) is 12.7. The number of rotatable bonds is 3. The number of nitrogen functional groups attached to an aromatic ring is 1. The molecule has 0 aliphatic heterocycles. The van der Waals surface area contributed by atoms with Gasteiger partial charge in [0.05, 0.1) is 12.2 Å². The van der Waals surface area contributed by atoms with Gasteiger partial charge in [0.2, 0.25) is 0 Å². The second-order valence-corrected chi connectivity index (χ2v) is 5.68. The van der Waals surface area contributed by atoms with E-state index in [1.807, 2.05) is 34.9 Å². The third kappa shape index (κ3) is 2.55. The predicted molar refractivity (Wildman–Crippen MR) is 97.1 cm³/mol. The normalized spacial score (nSPS) is 10.8. The van der Waals surface area contributed by atoms with Crippen LogP contribution in [0.5, 0.6) is 0 Å². The maximum Gasteiger partial charge on any atom is 0.166 e. The van der Waals surface area contributed by atoms with E-state index in [2.05, 4.69) is 21.0 Å². The van der Waals surface area contributed by atoms with Crippen LogP contribution in [0.1, 0.15) is 11.3 Å². The molecule has 7 nitrogen and oxygen atoms in total. The van der Waals surface area contributed by atoms with E-state index in [-0.39, 0.29) is 6.61 Å². The maximum absolute atomic E-state index is 9.28. The van der Waals surface area contributed by atoms with Crippen molar-refractivity contribution in [1.29, 1.82) is 5.26 Å². The van der Waals surface area contributed by atoms with Gasteiger partial charge in [0.1, 0.15) is 23.1 Å². The van der Waals surface area contributed by atoms with Crippen molar-refractivity contribution in [3.05, 3.63) is 66.0 Å². The molecule has 3 heterocycles. The standard InChI is InChI=1S/C19H14N6O/c20-10-13-5-8-16-19(23-13)25(14-6-3-12(11-26)4-7-14)18(24-16)15-2-1-9-22-17(15)21/h1-9,26H,11H2,(H2,21,22). The van der Waals surface area contributed by atoms with Gasteiger partial charge in [-0.2, -0.15) is 5.26 Å². The van der Waals surface area contributed by atoms with Gasteiger partial charge in [0, 0.05) is 11.9 Å². The highest BCUT2D eigenvalue weighted by atomic mass is 16.3. The number of pyridine rings is 2. The fraction of sp³-hybridized carbons (Fsp3) is 0.0526. The number of aromatic nitrogens is 4. The lowest BCUT2D eigenvalue weighted by atomic mass is 10.2. The van der Waals surface area contributed by atoms with Crippen molar-refractivity contribution < 1.29 is 5.11 Å². The van der Waals surface area contributed by atoms with Crippen molar-refractivity contribution in [3.63, 3.8) is 0 Å². The van der Waals surface area contributed by atoms with Gasteiger partial charge in [-0.05, 0) is 42.0 Å². The molecule has 0 fully saturated rings. The number of aliphatic hydroxyl groups is 1. The summed E-state index contributed by atoms with van der Waals surface area (Å²) >= 11 is 0. The third-order valence-corrected chi connectivity index (χ3v) is 4.08. The van der Waals surface area contributed by atoms with Gasteiger partial charge < -0.3 is 10.8 Å². The molecule has 0 aliphatic carbocycles. The van der Waals surface area contributed by atoms with Crippen LogP contribution >= 0.6 is 0 Å². The zero-order valence-electron chi connectivity index (χ0n) is 13.7. The first kappa shape index (κ1) is 15.7. The molecular weight excluding hydrogens is 328 g/mol. The van der Waals surface area contributed by atoms with E-state index >= 15 is 0 Å². The van der Waals surface area contributed by atoms with E-state index in [0.717, 1.165) is 11.3 Å². The van der Waals surface area contributed by atoms with Crippen LogP contribution in [0.25, 0.3) is 28.2 Å². The Bertz CT molecular complexity index is 1140. The summed E-state index contributed by atoms with van der Waals surface area (Å²) in [7, 11) is 0. The highest BCUT2D eigenvalue weighted by Gasteiger charge is 2.18. The number of fused-ring (bicyclic) bond motifs is 1. The Morgan fingerprint density at radius 2 is 1.88 bits per heavy atom. The van der Waals surface area contributed by atoms with Crippen molar-refractivity contribution in [3.8, 4) is 23.1 Å². The minimum absolute atomic E-state index is 0.0375. The molecule has 3 aromatic heterocycles. The molecule has 1 aromatic carbocycles. The molecule has 7 heteroatoms. The van der Waals surface area contributed by atoms with Gasteiger partial charge in [0.15, 0.2) is 11.5 Å². The van der Waals surface area contributed by atoms with Gasteiger partial charge in [-0.25, -0.2) is 15.0 Å². The van der Waals surface area contributed by atoms with E-state index < -0.39 is 0 Å². The molecule has 0 radical (unpaired) electrons. The highest BCUT2D eigenvalue weighted by Crippen LogP contribution is 2.30. The van der Waals surface area contributed by atoms with Crippen LogP contribution in [0.2, 0.25) is 0 Å². The van der Waals surface area contributed by atoms with Gasteiger partial charge in [-0.3, -0.25) is 4.57 Å². The number of nitrogens with zero attached hydrogens (tertiary/aromatic N) is 5. The maximum atomic E-state index is 9.28. The molecule has 3 N–H and O–H groups in total. The quantitative estimate of drug-likeness (QED) is 0.591. The SMILES string of the molecule is N#Cc1ccc2nc(-c3cccnc3N)n(-c3ccc(CO)cc3)c2n1. The molecule has 0 amide bonds. The molecule has 0 unspecified atom stereocenters. The number of hydrogen-bond acceptors (Lipinski definition) is 6. The number of hydrogen-bond donors (Lipinski definition) is 2. The summed E-state index contributed by atoms with van der Waals surface area (Å²) in [5.41, 5.74) is 9.83. The molecule has 0 saturated heterocycles. The van der Waals surface area contributed by atoms with Crippen LogP contribution in [0.3, 0.4) is 0 Å². The molecular formula is C19H14N6O. The van der Waals surface area contributed by atoms with E-state index in [9.17, 15) is 10.4 Å². The molecule has 26 heavy (non-hydrogen) atoms. The van der Waals surface area contributed by atoms with Crippen LogP contribution in [0, 0.1) is 11.3 Å². The van der Waals surface area contributed by atoms with Gasteiger partial charge in [-0.1, -0.05) is 12.1 Å². The van der Waals surface area contributed by atoms with Crippen molar-refractivity contribution in [1.82, 2.24) is 19.5 Å². The zero-order valence-corrected chi connectivity index (χ0v) is 13.7. The topological polar surface area (TPSA) is 114 Å². The number of nitrogens with two attached hydrogens (primary N) is 1. The lowest BCUT2D eigenvalue weighted by Crippen LogP contribution is -2.02. The predicted octanol–water partition coefficient (Wildman–Crippen LogP) is 2.43. The Morgan fingerprint density at radius 1 is 1.08 bits per heavy atom. The molecule has 0 atom stereocenters. The minimum atomic E-state index is -0.0375.